The van der Waals surface area contributed by atoms with Gasteiger partial charge in [-0.15, -0.1) is 24.8 Å². The topological polar surface area (TPSA) is 67.6 Å². The fourth-order valence-electron chi connectivity index (χ4n) is 3.84. The summed E-state index contributed by atoms with van der Waals surface area (Å²) in [5.41, 5.74) is 8.24. The summed E-state index contributed by atoms with van der Waals surface area (Å²) in [5, 5.41) is 3.11. The van der Waals surface area contributed by atoms with Crippen molar-refractivity contribution in [2.24, 2.45) is 17.6 Å². The van der Waals surface area contributed by atoms with Crippen molar-refractivity contribution < 1.29 is 9.53 Å². The van der Waals surface area contributed by atoms with Crippen LogP contribution >= 0.6 is 24.8 Å². The van der Waals surface area contributed by atoms with Crippen LogP contribution in [0.1, 0.15) is 30.4 Å². The molecular weight excluding hydrogens is 373 g/mol. The Kier molecular flexibility index (Phi) is 10.5. The second-order valence-corrected chi connectivity index (χ2v) is 6.96. The fraction of sp³-hybridized carbons (Fsp3) is 0.632. The first-order chi connectivity index (χ1) is 11.8. The van der Waals surface area contributed by atoms with Gasteiger partial charge in [0.1, 0.15) is 0 Å². The van der Waals surface area contributed by atoms with Crippen LogP contribution in [-0.4, -0.2) is 43.7 Å². The van der Waals surface area contributed by atoms with Crippen LogP contribution in [0.25, 0.3) is 0 Å². The highest BCUT2D eigenvalue weighted by Gasteiger charge is 2.31. The Morgan fingerprint density at radius 3 is 2.65 bits per heavy atom. The van der Waals surface area contributed by atoms with E-state index < -0.39 is 0 Å². The molecule has 2 atom stereocenters. The molecule has 7 heteroatoms. The molecule has 1 aliphatic heterocycles. The van der Waals surface area contributed by atoms with Crippen LogP contribution in [0.2, 0.25) is 0 Å². The molecular formula is C19H31Cl2N3O2. The number of hydrogen-bond donors (Lipinski definition) is 2. The molecule has 0 unspecified atom stereocenters. The van der Waals surface area contributed by atoms with Crippen molar-refractivity contribution in [1.82, 2.24) is 10.2 Å². The lowest BCUT2D eigenvalue weighted by Crippen LogP contribution is -2.35. The van der Waals surface area contributed by atoms with Gasteiger partial charge in [0.25, 0.3) is 0 Å². The van der Waals surface area contributed by atoms with E-state index in [9.17, 15) is 4.79 Å². The molecule has 1 heterocycles. The Morgan fingerprint density at radius 2 is 1.92 bits per heavy atom. The van der Waals surface area contributed by atoms with E-state index in [1.807, 2.05) is 0 Å². The highest BCUT2D eigenvalue weighted by Crippen LogP contribution is 2.31. The number of morpholine rings is 1. The third kappa shape index (κ3) is 6.39. The molecule has 0 aromatic heterocycles. The molecule has 1 aliphatic carbocycles. The van der Waals surface area contributed by atoms with Gasteiger partial charge in [0.05, 0.1) is 13.2 Å². The summed E-state index contributed by atoms with van der Waals surface area (Å²) in [4.78, 5) is 14.8. The lowest BCUT2D eigenvalue weighted by atomic mass is 9.95. The highest BCUT2D eigenvalue weighted by atomic mass is 35.5. The highest BCUT2D eigenvalue weighted by molar-refractivity contribution is 5.85. The minimum absolute atomic E-state index is 0. The van der Waals surface area contributed by atoms with E-state index in [4.69, 9.17) is 10.5 Å². The molecule has 1 saturated heterocycles. The van der Waals surface area contributed by atoms with Crippen molar-refractivity contribution in [1.29, 1.82) is 0 Å². The van der Waals surface area contributed by atoms with Gasteiger partial charge in [0.15, 0.2) is 0 Å². The Morgan fingerprint density at radius 1 is 1.19 bits per heavy atom. The Balaban J connectivity index is 0.00000169. The molecule has 148 valence electrons. The maximum Gasteiger partial charge on any atom is 0.223 e. The molecule has 2 fully saturated rings. The number of halogens is 2. The van der Waals surface area contributed by atoms with E-state index in [0.29, 0.717) is 19.0 Å². The number of hydrogen-bond acceptors (Lipinski definition) is 4. The number of amides is 1. The van der Waals surface area contributed by atoms with Crippen molar-refractivity contribution in [2.75, 3.05) is 32.8 Å². The molecule has 0 spiro atoms. The van der Waals surface area contributed by atoms with Crippen molar-refractivity contribution in [3.63, 3.8) is 0 Å². The predicted octanol–water partition coefficient (Wildman–Crippen LogP) is 2.35. The summed E-state index contributed by atoms with van der Waals surface area (Å²) < 4.78 is 5.39. The third-order valence-electron chi connectivity index (χ3n) is 5.27. The van der Waals surface area contributed by atoms with Crippen molar-refractivity contribution >= 4 is 30.7 Å². The zero-order valence-corrected chi connectivity index (χ0v) is 16.8. The quantitative estimate of drug-likeness (QED) is 0.764. The smallest absolute Gasteiger partial charge is 0.223 e. The van der Waals surface area contributed by atoms with Crippen LogP contribution in [-0.2, 0) is 22.6 Å². The van der Waals surface area contributed by atoms with Crippen LogP contribution in [0.5, 0.6) is 0 Å². The Labute approximate surface area is 168 Å². The molecule has 1 saturated carbocycles. The first-order valence-electron chi connectivity index (χ1n) is 9.12. The van der Waals surface area contributed by atoms with E-state index in [2.05, 4.69) is 34.5 Å². The zero-order chi connectivity index (χ0) is 16.8. The molecule has 5 nitrogen and oxygen atoms in total. The Bertz CT molecular complexity index is 553. The normalized spacial score (nSPS) is 23.0. The lowest BCUT2D eigenvalue weighted by molar-refractivity contribution is -0.126. The average Bonchev–Trinajstić information content (AvgIpc) is 3.10. The standard InChI is InChI=1S/C19H29N3O2.2ClH/c20-12-17-5-2-6-18(17)19(23)21-13-15-3-1-4-16(11-15)14-22-7-9-24-10-8-22;;/h1,3-4,11,17-18H,2,5-10,12-14,20H2,(H,21,23);2*1H/t17-,18-;;/m1../s1. The van der Waals surface area contributed by atoms with Crippen LogP contribution in [0.4, 0.5) is 0 Å². The molecule has 3 N–H and O–H groups in total. The second kappa shape index (κ2) is 11.8. The second-order valence-electron chi connectivity index (χ2n) is 6.96. The average molecular weight is 404 g/mol. The fourth-order valence-corrected chi connectivity index (χ4v) is 3.84. The summed E-state index contributed by atoms with van der Waals surface area (Å²) in [6, 6.07) is 8.51. The maximum absolute atomic E-state index is 12.4. The van der Waals surface area contributed by atoms with Crippen LogP contribution < -0.4 is 11.1 Å². The third-order valence-corrected chi connectivity index (χ3v) is 5.27. The SMILES string of the molecule is Cl.Cl.NC[C@H]1CCC[C@H]1C(=O)NCc1cccc(CN2CCOCC2)c1. The number of nitrogens with two attached hydrogens (primary N) is 1. The largest absolute Gasteiger partial charge is 0.379 e. The van der Waals surface area contributed by atoms with Gasteiger partial charge in [-0.2, -0.15) is 0 Å². The summed E-state index contributed by atoms with van der Waals surface area (Å²) in [7, 11) is 0. The maximum atomic E-state index is 12.4. The molecule has 2 aliphatic rings. The number of rotatable bonds is 6. The summed E-state index contributed by atoms with van der Waals surface area (Å²) in [6.45, 7) is 5.78. The van der Waals surface area contributed by atoms with Gasteiger partial charge in [0, 0.05) is 32.1 Å². The van der Waals surface area contributed by atoms with Crippen molar-refractivity contribution in [3.05, 3.63) is 35.4 Å². The minimum Gasteiger partial charge on any atom is -0.379 e. The number of nitrogens with one attached hydrogen (secondary N) is 1. The first kappa shape index (κ1) is 23.2. The van der Waals surface area contributed by atoms with Crippen LogP contribution in [0.15, 0.2) is 24.3 Å². The monoisotopic (exact) mass is 403 g/mol. The van der Waals surface area contributed by atoms with Gasteiger partial charge < -0.3 is 15.8 Å². The van der Waals surface area contributed by atoms with E-state index in [-0.39, 0.29) is 36.6 Å². The van der Waals surface area contributed by atoms with Gasteiger partial charge in [-0.25, -0.2) is 0 Å². The summed E-state index contributed by atoms with van der Waals surface area (Å²) in [5.74, 6) is 0.630. The predicted molar refractivity (Wildman–Crippen MR) is 109 cm³/mol. The Hall–Kier alpha value is -0.850. The summed E-state index contributed by atoms with van der Waals surface area (Å²) in [6.07, 6.45) is 3.18. The molecule has 0 radical (unpaired) electrons. The van der Waals surface area contributed by atoms with Crippen LogP contribution in [0.3, 0.4) is 0 Å². The van der Waals surface area contributed by atoms with E-state index in [0.717, 1.165) is 57.7 Å². The summed E-state index contributed by atoms with van der Waals surface area (Å²) >= 11 is 0. The molecule has 26 heavy (non-hydrogen) atoms. The number of carbonyl (C=O) groups excluding carboxylic acids is 1. The number of carbonyl (C=O) groups is 1. The van der Waals surface area contributed by atoms with E-state index in [1.54, 1.807) is 0 Å². The number of nitrogens with zero attached hydrogens (tertiary/aromatic N) is 1. The number of benzene rings is 1. The van der Waals surface area contributed by atoms with Gasteiger partial charge >= 0.3 is 0 Å². The molecule has 1 amide bonds. The minimum atomic E-state index is 0. The van der Waals surface area contributed by atoms with Gasteiger partial charge in [-0.05, 0) is 36.4 Å². The van der Waals surface area contributed by atoms with Gasteiger partial charge in [0.2, 0.25) is 5.91 Å². The van der Waals surface area contributed by atoms with E-state index in [1.165, 1.54) is 5.56 Å². The van der Waals surface area contributed by atoms with Gasteiger partial charge in [-0.3, -0.25) is 9.69 Å². The number of ether oxygens (including phenoxy) is 1. The van der Waals surface area contributed by atoms with Crippen molar-refractivity contribution in [2.45, 2.75) is 32.4 Å². The zero-order valence-electron chi connectivity index (χ0n) is 15.2. The van der Waals surface area contributed by atoms with Crippen LogP contribution in [0, 0.1) is 11.8 Å². The van der Waals surface area contributed by atoms with Gasteiger partial charge in [-0.1, -0.05) is 30.7 Å². The molecule has 1 aromatic carbocycles. The molecule has 3 rings (SSSR count). The lowest BCUT2D eigenvalue weighted by Gasteiger charge is -2.26. The van der Waals surface area contributed by atoms with E-state index >= 15 is 0 Å². The molecule has 1 aromatic rings. The molecule has 0 bridgehead atoms. The van der Waals surface area contributed by atoms with Crippen molar-refractivity contribution in [3.8, 4) is 0 Å². The first-order valence-corrected chi connectivity index (χ1v) is 9.12.